The van der Waals surface area contributed by atoms with Gasteiger partial charge in [-0.1, -0.05) is 104 Å². The van der Waals surface area contributed by atoms with Crippen LogP contribution in [0.15, 0.2) is 78.0 Å². The molecule has 2 nitrogen and oxygen atoms in total. The van der Waals surface area contributed by atoms with E-state index in [1.165, 1.54) is 70.1 Å². The van der Waals surface area contributed by atoms with Crippen LogP contribution >= 0.6 is 22.7 Å². The summed E-state index contributed by atoms with van der Waals surface area (Å²) in [5.74, 6) is 0. The number of rotatable bonds is 11. The Kier molecular flexibility index (Phi) is 13.2. The van der Waals surface area contributed by atoms with E-state index in [9.17, 15) is 13.2 Å². The molecule has 1 aromatic carbocycles. The summed E-state index contributed by atoms with van der Waals surface area (Å²) < 4.78 is 41.7. The van der Waals surface area contributed by atoms with Crippen LogP contribution in [0.1, 0.15) is 97.3 Å². The van der Waals surface area contributed by atoms with Crippen LogP contribution in [0.25, 0.3) is 5.69 Å². The topological polar surface area (TPSA) is 17.8 Å². The van der Waals surface area contributed by atoms with E-state index in [0.29, 0.717) is 18.8 Å². The zero-order valence-corrected chi connectivity index (χ0v) is 29.0. The highest BCUT2D eigenvalue weighted by Crippen LogP contribution is 2.27. The first-order valence-corrected chi connectivity index (χ1v) is 17.4. The molecule has 0 saturated carbocycles. The van der Waals surface area contributed by atoms with Gasteiger partial charge in [0.15, 0.2) is 0 Å². The van der Waals surface area contributed by atoms with Gasteiger partial charge in [0.2, 0.25) is 6.71 Å². The number of imidazole rings is 1. The van der Waals surface area contributed by atoms with Gasteiger partial charge in [0.1, 0.15) is 0 Å². The molecule has 44 heavy (non-hydrogen) atoms. The highest BCUT2D eigenvalue weighted by atomic mass is 32.1. The number of hydrogen-bond acceptors (Lipinski definition) is 3. The first-order valence-electron chi connectivity index (χ1n) is 15.7. The third-order valence-electron chi connectivity index (χ3n) is 7.65. The van der Waals surface area contributed by atoms with Gasteiger partial charge in [-0.3, -0.25) is 0 Å². The summed E-state index contributed by atoms with van der Waals surface area (Å²) in [6.07, 6.45) is 10.6. The molecule has 4 aromatic rings. The molecule has 3 heterocycles. The summed E-state index contributed by atoms with van der Waals surface area (Å²) in [5, 5.41) is 4.37. The molecule has 0 saturated heterocycles. The second-order valence-corrected chi connectivity index (χ2v) is 15.4. The van der Waals surface area contributed by atoms with Crippen molar-refractivity contribution in [1.29, 1.82) is 0 Å². The van der Waals surface area contributed by atoms with Crippen LogP contribution in [0.4, 0.5) is 13.2 Å². The largest absolute Gasteiger partial charge is 0.409 e. The standard InChI is InChI=1S/C21H28BF3S2.C15H20N2/c1-19(2,3)15-11-17(26-13-15)22(10-8-7-9-21(23,24)25)18-12-16(14-27-18)20(4,5)6;1-2-3-4-5-6-14-7-9-15(10-8-14)17-12-11-16-13-17/h7,9,11-14H,8,10H2,1-6H3;7-13H,2-6H2,1H3. The van der Waals surface area contributed by atoms with Crippen LogP contribution in [0.3, 0.4) is 0 Å². The van der Waals surface area contributed by atoms with Crippen LogP contribution < -0.4 is 9.55 Å². The molecule has 0 aliphatic carbocycles. The van der Waals surface area contributed by atoms with Crippen molar-refractivity contribution in [2.45, 2.75) is 110 Å². The molecule has 0 aliphatic heterocycles. The second-order valence-electron chi connectivity index (χ2n) is 13.5. The fraction of sp³-hybridized carbons (Fsp3) is 0.472. The summed E-state index contributed by atoms with van der Waals surface area (Å²) in [4.78, 5) is 4.05. The Balaban J connectivity index is 0.000000266. The predicted octanol–water partition coefficient (Wildman–Crippen LogP) is 10.5. The molecule has 0 spiro atoms. The van der Waals surface area contributed by atoms with Gasteiger partial charge >= 0.3 is 6.18 Å². The average molecular weight is 641 g/mol. The van der Waals surface area contributed by atoms with E-state index in [1.54, 1.807) is 28.9 Å². The second kappa shape index (κ2) is 16.1. The molecule has 0 amide bonds. The molecule has 0 aliphatic rings. The van der Waals surface area contributed by atoms with Gasteiger partial charge in [-0.05, 0) is 79.2 Å². The number of thiophene rings is 2. The molecule has 0 atom stereocenters. The van der Waals surface area contributed by atoms with Crippen LogP contribution in [0, 0.1) is 0 Å². The fourth-order valence-corrected chi connectivity index (χ4v) is 7.42. The van der Waals surface area contributed by atoms with E-state index >= 15 is 0 Å². The van der Waals surface area contributed by atoms with Crippen molar-refractivity contribution in [2.24, 2.45) is 0 Å². The molecule has 8 heteroatoms. The number of hydrogen-bond donors (Lipinski definition) is 0. The number of allylic oxidation sites excluding steroid dienone is 2. The summed E-state index contributed by atoms with van der Waals surface area (Å²) in [7, 11) is 0. The highest BCUT2D eigenvalue weighted by Gasteiger charge is 2.27. The minimum absolute atomic E-state index is 0.0709. The molecule has 0 fully saturated rings. The molecule has 3 aromatic heterocycles. The molecule has 0 unspecified atom stereocenters. The maximum Gasteiger partial charge on any atom is 0.409 e. The monoisotopic (exact) mass is 640 g/mol. The maximum atomic E-state index is 12.4. The summed E-state index contributed by atoms with van der Waals surface area (Å²) in [6.45, 7) is 15.5. The number of aromatic nitrogens is 2. The third kappa shape index (κ3) is 11.7. The molecule has 0 radical (unpaired) electrons. The zero-order valence-electron chi connectivity index (χ0n) is 27.4. The summed E-state index contributed by atoms with van der Waals surface area (Å²) >= 11 is 3.44. The lowest BCUT2D eigenvalue weighted by Crippen LogP contribution is -2.38. The average Bonchev–Trinajstić information content (AvgIpc) is 3.73. The van der Waals surface area contributed by atoms with E-state index < -0.39 is 6.18 Å². The molecule has 238 valence electrons. The SMILES string of the molecule is CC(C)(C)c1csc(B(CCC=CC(F)(F)F)c2cc(C(C)(C)C)cs2)c1.CCCCCCc1ccc(-n2ccnc2)cc1. The van der Waals surface area contributed by atoms with Crippen molar-refractivity contribution in [3.63, 3.8) is 0 Å². The lowest BCUT2D eigenvalue weighted by Gasteiger charge is -2.17. The van der Waals surface area contributed by atoms with E-state index in [2.05, 4.69) is 101 Å². The summed E-state index contributed by atoms with van der Waals surface area (Å²) in [5.41, 5.74) is 5.32. The van der Waals surface area contributed by atoms with Crippen molar-refractivity contribution < 1.29 is 13.2 Å². The molecule has 0 N–H and O–H groups in total. The van der Waals surface area contributed by atoms with Crippen molar-refractivity contribution in [3.05, 3.63) is 94.7 Å². The number of halogens is 3. The minimum atomic E-state index is -4.24. The number of alkyl halides is 3. The Hall–Kier alpha value is -2.58. The van der Waals surface area contributed by atoms with Gasteiger partial charge in [0.25, 0.3) is 0 Å². The first kappa shape index (κ1) is 35.9. The normalized spacial score (nSPS) is 12.4. The Morgan fingerprint density at radius 3 is 1.89 bits per heavy atom. The predicted molar refractivity (Wildman–Crippen MR) is 187 cm³/mol. The first-order chi connectivity index (χ1) is 20.7. The quantitative estimate of drug-likeness (QED) is 0.0906. The van der Waals surface area contributed by atoms with E-state index in [4.69, 9.17) is 0 Å². The van der Waals surface area contributed by atoms with Crippen LogP contribution in [-0.2, 0) is 17.3 Å². The third-order valence-corrected chi connectivity index (χ3v) is 9.74. The van der Waals surface area contributed by atoms with E-state index in [-0.39, 0.29) is 17.5 Å². The molecule has 4 rings (SSSR count). The van der Waals surface area contributed by atoms with Crippen LogP contribution in [0.2, 0.25) is 6.32 Å². The van der Waals surface area contributed by atoms with Gasteiger partial charge in [0, 0.05) is 24.2 Å². The fourth-order valence-electron chi connectivity index (χ4n) is 4.76. The van der Waals surface area contributed by atoms with E-state index in [0.717, 1.165) is 0 Å². The Morgan fingerprint density at radius 1 is 0.841 bits per heavy atom. The highest BCUT2D eigenvalue weighted by molar-refractivity contribution is 7.31. The number of nitrogens with zero attached hydrogens (tertiary/aromatic N) is 2. The minimum Gasteiger partial charge on any atom is -0.306 e. The maximum absolute atomic E-state index is 12.4. The molecule has 0 bridgehead atoms. The van der Waals surface area contributed by atoms with Gasteiger partial charge in [-0.15, -0.1) is 0 Å². The van der Waals surface area contributed by atoms with Crippen molar-refractivity contribution in [3.8, 4) is 5.69 Å². The number of benzene rings is 1. The van der Waals surface area contributed by atoms with E-state index in [1.807, 2.05) is 17.1 Å². The van der Waals surface area contributed by atoms with Crippen molar-refractivity contribution in [1.82, 2.24) is 9.55 Å². The van der Waals surface area contributed by atoms with Crippen molar-refractivity contribution >= 4 is 38.9 Å². The smallest absolute Gasteiger partial charge is 0.306 e. The zero-order chi connectivity index (χ0) is 32.4. The molecular formula is C36H48BF3N2S2. The van der Waals surface area contributed by atoms with Gasteiger partial charge < -0.3 is 4.57 Å². The van der Waals surface area contributed by atoms with Crippen molar-refractivity contribution in [2.75, 3.05) is 0 Å². The Morgan fingerprint density at radius 2 is 1.43 bits per heavy atom. The number of unbranched alkanes of at least 4 members (excludes halogenated alkanes) is 3. The Bertz CT molecular complexity index is 1350. The van der Waals surface area contributed by atoms with Gasteiger partial charge in [-0.2, -0.15) is 35.8 Å². The lowest BCUT2D eigenvalue weighted by atomic mass is 9.44. The number of aryl methyl sites for hydroxylation is 1. The molecular weight excluding hydrogens is 592 g/mol. The van der Waals surface area contributed by atoms with Crippen LogP contribution in [0.5, 0.6) is 0 Å². The van der Waals surface area contributed by atoms with Gasteiger partial charge in [-0.25, -0.2) is 4.98 Å². The van der Waals surface area contributed by atoms with Crippen LogP contribution in [-0.4, -0.2) is 22.4 Å². The lowest BCUT2D eigenvalue weighted by molar-refractivity contribution is -0.0800. The summed E-state index contributed by atoms with van der Waals surface area (Å²) in [6, 6.07) is 13.2. The van der Waals surface area contributed by atoms with Gasteiger partial charge in [0.05, 0.1) is 6.33 Å². The Labute approximate surface area is 271 Å².